The Balaban J connectivity index is 1.97. The third kappa shape index (κ3) is 3.98. The molecular weight excluding hydrogens is 282 g/mol. The van der Waals surface area contributed by atoms with Gasteiger partial charge in [0.25, 0.3) is 0 Å². The molecule has 1 fully saturated rings. The van der Waals surface area contributed by atoms with Crippen LogP contribution >= 0.6 is 0 Å². The van der Waals surface area contributed by atoms with Gasteiger partial charge in [0.05, 0.1) is 25.3 Å². The molecule has 1 aliphatic heterocycles. The number of hydrogen-bond acceptors (Lipinski definition) is 4. The lowest BCUT2D eigenvalue weighted by Gasteiger charge is -2.32. The number of hydrogen-bond donors (Lipinski definition) is 2. The van der Waals surface area contributed by atoms with Crippen LogP contribution in [0, 0.1) is 5.92 Å². The molecule has 2 amide bonds. The summed E-state index contributed by atoms with van der Waals surface area (Å²) in [6.45, 7) is 4.06. The fourth-order valence-electron chi connectivity index (χ4n) is 2.37. The van der Waals surface area contributed by atoms with E-state index in [1.807, 2.05) is 19.1 Å². The first-order valence-electron chi connectivity index (χ1n) is 7.58. The molecule has 6 heteroatoms. The number of amides is 2. The molecule has 0 atom stereocenters. The van der Waals surface area contributed by atoms with Crippen LogP contribution in [0.3, 0.4) is 0 Å². The molecule has 1 aromatic carbocycles. The average Bonchev–Trinajstić information content (AvgIpc) is 2.45. The molecule has 0 radical (unpaired) electrons. The van der Waals surface area contributed by atoms with Gasteiger partial charge in [0.15, 0.2) is 0 Å². The molecule has 0 spiro atoms. The van der Waals surface area contributed by atoms with Gasteiger partial charge in [0.1, 0.15) is 5.75 Å². The molecule has 22 heavy (non-hydrogen) atoms. The maximum Gasteiger partial charge on any atom is 0.244 e. The normalized spacial score (nSPS) is 14.1. The van der Waals surface area contributed by atoms with Gasteiger partial charge in [-0.25, -0.2) is 0 Å². The van der Waals surface area contributed by atoms with E-state index >= 15 is 0 Å². The predicted octanol–water partition coefficient (Wildman–Crippen LogP) is 1.09. The van der Waals surface area contributed by atoms with Gasteiger partial charge in [0, 0.05) is 19.6 Å². The summed E-state index contributed by atoms with van der Waals surface area (Å²) >= 11 is 0. The van der Waals surface area contributed by atoms with Crippen molar-refractivity contribution in [2.45, 2.75) is 13.3 Å². The van der Waals surface area contributed by atoms with Gasteiger partial charge in [-0.3, -0.25) is 9.59 Å². The lowest BCUT2D eigenvalue weighted by molar-refractivity contribution is -0.139. The zero-order valence-corrected chi connectivity index (χ0v) is 13.1. The molecule has 1 saturated heterocycles. The van der Waals surface area contributed by atoms with Crippen LogP contribution < -0.4 is 15.4 Å². The molecule has 0 aliphatic carbocycles. The monoisotopic (exact) mass is 305 g/mol. The summed E-state index contributed by atoms with van der Waals surface area (Å²) < 4.78 is 5.21. The first-order chi connectivity index (χ1) is 10.7. The van der Waals surface area contributed by atoms with E-state index in [1.54, 1.807) is 24.1 Å². The van der Waals surface area contributed by atoms with Crippen LogP contribution in [0.4, 0.5) is 5.69 Å². The number of benzene rings is 1. The van der Waals surface area contributed by atoms with E-state index in [2.05, 4.69) is 10.6 Å². The second kappa shape index (κ2) is 7.79. The molecular formula is C16H23N3O3. The summed E-state index contributed by atoms with van der Waals surface area (Å²) in [5, 5.41) is 5.89. The molecule has 0 bridgehead atoms. The summed E-state index contributed by atoms with van der Waals surface area (Å²) in [6.07, 6.45) is 0.827. The summed E-state index contributed by atoms with van der Waals surface area (Å²) in [5.74, 6) is 0.451. The minimum atomic E-state index is -0.210. The molecule has 2 N–H and O–H groups in total. The van der Waals surface area contributed by atoms with E-state index in [-0.39, 0.29) is 24.3 Å². The predicted molar refractivity (Wildman–Crippen MR) is 84.9 cm³/mol. The van der Waals surface area contributed by atoms with Crippen LogP contribution in [0.15, 0.2) is 24.3 Å². The smallest absolute Gasteiger partial charge is 0.244 e. The standard InChI is InChI=1S/C16H23N3O3/c1-3-8-19(16(21)12-9-17-10-12)11-15(20)18-13-6-4-5-7-14(13)22-2/h4-7,12,17H,3,8-11H2,1-2H3,(H,18,20). The number of para-hydroxylation sites is 2. The molecule has 1 heterocycles. The molecule has 1 aromatic rings. The summed E-state index contributed by atoms with van der Waals surface area (Å²) in [4.78, 5) is 26.2. The van der Waals surface area contributed by atoms with Crippen molar-refractivity contribution in [2.24, 2.45) is 5.92 Å². The third-order valence-electron chi connectivity index (χ3n) is 3.65. The summed E-state index contributed by atoms with van der Waals surface area (Å²) in [6, 6.07) is 7.22. The van der Waals surface area contributed by atoms with Crippen molar-refractivity contribution in [3.8, 4) is 5.75 Å². The average molecular weight is 305 g/mol. The van der Waals surface area contributed by atoms with Crippen molar-refractivity contribution in [3.05, 3.63) is 24.3 Å². The minimum absolute atomic E-state index is 0.00520. The van der Waals surface area contributed by atoms with E-state index in [1.165, 1.54) is 0 Å². The summed E-state index contributed by atoms with van der Waals surface area (Å²) in [5.41, 5.74) is 0.615. The van der Waals surface area contributed by atoms with Gasteiger partial charge in [-0.15, -0.1) is 0 Å². The van der Waals surface area contributed by atoms with E-state index in [9.17, 15) is 9.59 Å². The fraction of sp³-hybridized carbons (Fsp3) is 0.500. The number of methoxy groups -OCH3 is 1. The highest BCUT2D eigenvalue weighted by Crippen LogP contribution is 2.22. The van der Waals surface area contributed by atoms with Crippen molar-refractivity contribution >= 4 is 17.5 Å². The molecule has 0 saturated carbocycles. The Bertz CT molecular complexity index is 529. The SMILES string of the molecule is CCCN(CC(=O)Nc1ccccc1OC)C(=O)C1CNC1. The van der Waals surface area contributed by atoms with Gasteiger partial charge in [0.2, 0.25) is 11.8 Å². The Morgan fingerprint density at radius 2 is 2.09 bits per heavy atom. The zero-order chi connectivity index (χ0) is 15.9. The number of carbonyl (C=O) groups excluding carboxylic acids is 2. The zero-order valence-electron chi connectivity index (χ0n) is 13.1. The number of nitrogens with one attached hydrogen (secondary N) is 2. The van der Waals surface area contributed by atoms with Crippen molar-refractivity contribution in [3.63, 3.8) is 0 Å². The highest BCUT2D eigenvalue weighted by molar-refractivity contribution is 5.96. The van der Waals surface area contributed by atoms with Gasteiger partial charge >= 0.3 is 0 Å². The number of nitrogens with zero attached hydrogens (tertiary/aromatic N) is 1. The molecule has 6 nitrogen and oxygen atoms in total. The van der Waals surface area contributed by atoms with E-state index < -0.39 is 0 Å². The fourth-order valence-corrected chi connectivity index (χ4v) is 2.37. The van der Waals surface area contributed by atoms with Crippen molar-refractivity contribution in [1.82, 2.24) is 10.2 Å². The van der Waals surface area contributed by atoms with Crippen LogP contribution in [0.1, 0.15) is 13.3 Å². The van der Waals surface area contributed by atoms with Crippen LogP contribution in [0.2, 0.25) is 0 Å². The molecule has 1 aliphatic rings. The Labute approximate surface area is 130 Å². The van der Waals surface area contributed by atoms with Crippen LogP contribution in [-0.4, -0.2) is 50.0 Å². The Kier molecular flexibility index (Phi) is 5.77. The second-order valence-corrected chi connectivity index (χ2v) is 5.36. The highest BCUT2D eigenvalue weighted by atomic mass is 16.5. The number of anilines is 1. The third-order valence-corrected chi connectivity index (χ3v) is 3.65. The molecule has 0 unspecified atom stereocenters. The van der Waals surface area contributed by atoms with Gasteiger partial charge in [-0.2, -0.15) is 0 Å². The number of carbonyl (C=O) groups is 2. The van der Waals surface area contributed by atoms with Crippen molar-refractivity contribution in [2.75, 3.05) is 38.6 Å². The summed E-state index contributed by atoms with van der Waals surface area (Å²) in [7, 11) is 1.56. The van der Waals surface area contributed by atoms with Gasteiger partial charge < -0.3 is 20.3 Å². The minimum Gasteiger partial charge on any atom is -0.495 e. The molecule has 2 rings (SSSR count). The van der Waals surface area contributed by atoms with E-state index in [0.717, 1.165) is 6.42 Å². The van der Waals surface area contributed by atoms with E-state index in [4.69, 9.17) is 4.74 Å². The second-order valence-electron chi connectivity index (χ2n) is 5.36. The molecule has 0 aromatic heterocycles. The molecule has 120 valence electrons. The Morgan fingerprint density at radius 1 is 1.36 bits per heavy atom. The van der Waals surface area contributed by atoms with E-state index in [0.29, 0.717) is 31.1 Å². The maximum absolute atomic E-state index is 12.3. The van der Waals surface area contributed by atoms with Crippen molar-refractivity contribution < 1.29 is 14.3 Å². The maximum atomic E-state index is 12.3. The number of rotatable bonds is 7. The van der Waals surface area contributed by atoms with Crippen molar-refractivity contribution in [1.29, 1.82) is 0 Å². The Morgan fingerprint density at radius 3 is 2.68 bits per heavy atom. The first kappa shape index (κ1) is 16.3. The quantitative estimate of drug-likeness (QED) is 0.791. The van der Waals surface area contributed by atoms with Crippen LogP contribution in [0.25, 0.3) is 0 Å². The lowest BCUT2D eigenvalue weighted by Crippen LogP contribution is -2.53. The lowest BCUT2D eigenvalue weighted by atomic mass is 10.0. The first-order valence-corrected chi connectivity index (χ1v) is 7.58. The van der Waals surface area contributed by atoms with Gasteiger partial charge in [-0.05, 0) is 18.6 Å². The number of ether oxygens (including phenoxy) is 1. The van der Waals surface area contributed by atoms with Crippen LogP contribution in [-0.2, 0) is 9.59 Å². The highest BCUT2D eigenvalue weighted by Gasteiger charge is 2.29. The topological polar surface area (TPSA) is 70.7 Å². The van der Waals surface area contributed by atoms with Gasteiger partial charge in [-0.1, -0.05) is 19.1 Å². The largest absolute Gasteiger partial charge is 0.495 e. The Hall–Kier alpha value is -2.08. The van der Waals surface area contributed by atoms with Crippen LogP contribution in [0.5, 0.6) is 5.75 Å².